The molecule has 0 amide bonds. The molecule has 0 atom stereocenters. The minimum absolute atomic E-state index is 0.635. The Kier molecular flexibility index (Phi) is 8.59. The van der Waals surface area contributed by atoms with Gasteiger partial charge in [0.2, 0.25) is 0 Å². The van der Waals surface area contributed by atoms with Crippen LogP contribution in [0, 0.1) is 0 Å². The lowest BCUT2D eigenvalue weighted by Crippen LogP contribution is -2.39. The maximum Gasteiger partial charge on any atom is 0.146 e. The van der Waals surface area contributed by atoms with E-state index in [9.17, 15) is 4.79 Å². The lowest BCUT2D eigenvalue weighted by molar-refractivity contribution is 0.534. The number of hydrogen-bond donors (Lipinski definition) is 4. The van der Waals surface area contributed by atoms with Crippen molar-refractivity contribution in [2.24, 2.45) is 0 Å². The van der Waals surface area contributed by atoms with Crippen LogP contribution in [0.2, 0.25) is 0 Å². The Hall–Kier alpha value is -0.870. The number of piperazine rings is 2. The summed E-state index contributed by atoms with van der Waals surface area (Å²) in [5.74, 6) is 1.80. The molecule has 17 heavy (non-hydrogen) atoms. The first kappa shape index (κ1) is 14.2. The van der Waals surface area contributed by atoms with Gasteiger partial charge in [-0.25, -0.2) is 4.79 Å². The second-order valence-corrected chi connectivity index (χ2v) is 4.24. The first-order valence-corrected chi connectivity index (χ1v) is 6.53. The van der Waals surface area contributed by atoms with Gasteiger partial charge in [0.15, 0.2) is 0 Å². The monoisotopic (exact) mass is 240 g/mol. The van der Waals surface area contributed by atoms with E-state index in [2.05, 4.69) is 21.3 Å². The topological polar surface area (TPSA) is 65.2 Å². The fourth-order valence-electron chi connectivity index (χ4n) is 1.25. The first-order chi connectivity index (χ1) is 8.43. The Bertz CT molecular complexity index is 210. The zero-order chi connectivity index (χ0) is 12.2. The van der Waals surface area contributed by atoms with Crippen molar-refractivity contribution in [3.63, 3.8) is 0 Å². The van der Waals surface area contributed by atoms with Crippen molar-refractivity contribution in [1.29, 1.82) is 0 Å². The van der Waals surface area contributed by atoms with Gasteiger partial charge in [-0.2, -0.15) is 0 Å². The lowest BCUT2D eigenvalue weighted by Gasteiger charge is -2.13. The van der Waals surface area contributed by atoms with E-state index in [1.54, 1.807) is 5.94 Å². The molecule has 4 N–H and O–H groups in total. The normalized spacial score (nSPS) is 21.8. The third-order valence-corrected chi connectivity index (χ3v) is 2.38. The summed E-state index contributed by atoms with van der Waals surface area (Å²) >= 11 is 0. The molecule has 5 nitrogen and oxygen atoms in total. The predicted octanol–water partition coefficient (Wildman–Crippen LogP) is -0.756. The van der Waals surface area contributed by atoms with Crippen molar-refractivity contribution in [3.8, 4) is 0 Å². The van der Waals surface area contributed by atoms with E-state index in [1.165, 1.54) is 19.3 Å². The molecule has 0 aromatic carbocycles. The highest BCUT2D eigenvalue weighted by atomic mass is 16.1. The SMILES string of the molecule is C1CC1.C1CNCCN1.O=C=C1CNCCN1. The van der Waals surface area contributed by atoms with Crippen molar-refractivity contribution >= 4 is 5.94 Å². The minimum Gasteiger partial charge on any atom is -0.377 e. The van der Waals surface area contributed by atoms with Gasteiger partial charge < -0.3 is 21.3 Å². The predicted molar refractivity (Wildman–Crippen MR) is 69.7 cm³/mol. The third-order valence-electron chi connectivity index (χ3n) is 2.38. The van der Waals surface area contributed by atoms with Crippen molar-refractivity contribution in [2.75, 3.05) is 45.8 Å². The maximum atomic E-state index is 9.90. The molecule has 0 radical (unpaired) electrons. The van der Waals surface area contributed by atoms with Crippen LogP contribution in [0.3, 0.4) is 0 Å². The molecule has 5 heteroatoms. The Morgan fingerprint density at radius 2 is 1.29 bits per heavy atom. The summed E-state index contributed by atoms with van der Waals surface area (Å²) in [6.07, 6.45) is 4.50. The van der Waals surface area contributed by atoms with Crippen LogP contribution in [0.25, 0.3) is 0 Å². The second kappa shape index (κ2) is 10.3. The Morgan fingerprint density at radius 3 is 1.53 bits per heavy atom. The van der Waals surface area contributed by atoms with Gasteiger partial charge in [-0.05, 0) is 0 Å². The quantitative estimate of drug-likeness (QED) is 0.419. The maximum absolute atomic E-state index is 9.90. The van der Waals surface area contributed by atoms with E-state index in [0.717, 1.165) is 39.3 Å². The smallest absolute Gasteiger partial charge is 0.146 e. The van der Waals surface area contributed by atoms with Crippen molar-refractivity contribution in [1.82, 2.24) is 21.3 Å². The minimum atomic E-state index is 0.635. The van der Waals surface area contributed by atoms with Gasteiger partial charge in [0, 0.05) is 45.8 Å². The largest absolute Gasteiger partial charge is 0.377 e. The summed E-state index contributed by atoms with van der Waals surface area (Å²) in [4.78, 5) is 9.90. The highest BCUT2D eigenvalue weighted by Crippen LogP contribution is 2.14. The van der Waals surface area contributed by atoms with Crippen LogP contribution < -0.4 is 21.3 Å². The zero-order valence-electron chi connectivity index (χ0n) is 10.5. The Morgan fingerprint density at radius 1 is 0.765 bits per heavy atom. The molecule has 0 unspecified atom stereocenters. The lowest BCUT2D eigenvalue weighted by atomic mass is 10.4. The highest BCUT2D eigenvalue weighted by Gasteiger charge is 2.01. The van der Waals surface area contributed by atoms with Gasteiger partial charge in [0.05, 0.1) is 0 Å². The van der Waals surface area contributed by atoms with Gasteiger partial charge in [-0.15, -0.1) is 0 Å². The van der Waals surface area contributed by atoms with Gasteiger partial charge in [-0.3, -0.25) is 0 Å². The molecule has 0 aromatic heterocycles. The van der Waals surface area contributed by atoms with Crippen molar-refractivity contribution in [3.05, 3.63) is 5.70 Å². The molecule has 2 saturated heterocycles. The average Bonchev–Trinajstić information content (AvgIpc) is 3.31. The molecule has 3 rings (SSSR count). The number of carbonyl (C=O) groups excluding carboxylic acids is 1. The molecule has 1 aliphatic carbocycles. The summed E-state index contributed by atoms with van der Waals surface area (Å²) in [6, 6.07) is 0. The third kappa shape index (κ3) is 10.0. The summed E-state index contributed by atoms with van der Waals surface area (Å²) in [6.45, 7) is 6.97. The van der Waals surface area contributed by atoms with Crippen LogP contribution in [-0.4, -0.2) is 51.8 Å². The van der Waals surface area contributed by atoms with Crippen LogP contribution in [0.4, 0.5) is 0 Å². The van der Waals surface area contributed by atoms with E-state index in [4.69, 9.17) is 0 Å². The fourth-order valence-corrected chi connectivity index (χ4v) is 1.25. The number of hydrogen-bond acceptors (Lipinski definition) is 5. The van der Waals surface area contributed by atoms with Crippen LogP contribution in [0.1, 0.15) is 19.3 Å². The van der Waals surface area contributed by atoms with Crippen LogP contribution in [0.5, 0.6) is 0 Å². The molecule has 0 bridgehead atoms. The molecule has 98 valence electrons. The van der Waals surface area contributed by atoms with E-state index in [-0.39, 0.29) is 0 Å². The first-order valence-electron chi connectivity index (χ1n) is 6.53. The van der Waals surface area contributed by atoms with E-state index in [1.807, 2.05) is 0 Å². The molecule has 3 fully saturated rings. The second-order valence-electron chi connectivity index (χ2n) is 4.24. The van der Waals surface area contributed by atoms with Crippen molar-refractivity contribution in [2.45, 2.75) is 19.3 Å². The Labute approximate surface area is 103 Å². The average molecular weight is 240 g/mol. The molecular formula is C12H24N4O. The molecule has 1 saturated carbocycles. The summed E-state index contributed by atoms with van der Waals surface area (Å²) in [5.41, 5.74) is 0.635. The molecule has 2 heterocycles. The van der Waals surface area contributed by atoms with Crippen molar-refractivity contribution < 1.29 is 4.79 Å². The number of rotatable bonds is 0. The fraction of sp³-hybridized carbons (Fsp3) is 0.833. The summed E-state index contributed by atoms with van der Waals surface area (Å²) in [7, 11) is 0. The number of nitrogens with one attached hydrogen (secondary N) is 4. The highest BCUT2D eigenvalue weighted by molar-refractivity contribution is 5.52. The van der Waals surface area contributed by atoms with Crippen LogP contribution in [-0.2, 0) is 4.79 Å². The van der Waals surface area contributed by atoms with Gasteiger partial charge in [0.25, 0.3) is 0 Å². The standard InChI is InChI=1S/C5H8N2O.C4H10N2.C3H6/c8-4-5-3-6-1-2-7-5;1-2-6-4-3-5-1;1-2-3-1/h6-7H,1-3H2;5-6H,1-4H2;1-3H2. The Balaban J connectivity index is 0.000000140. The van der Waals surface area contributed by atoms with E-state index >= 15 is 0 Å². The van der Waals surface area contributed by atoms with E-state index in [0.29, 0.717) is 12.2 Å². The van der Waals surface area contributed by atoms with Gasteiger partial charge >= 0.3 is 0 Å². The van der Waals surface area contributed by atoms with E-state index < -0.39 is 0 Å². The molecular weight excluding hydrogens is 216 g/mol. The molecule has 3 aliphatic rings. The summed E-state index contributed by atoms with van der Waals surface area (Å²) in [5, 5.41) is 12.4. The van der Waals surface area contributed by atoms with Crippen LogP contribution >= 0.6 is 0 Å². The zero-order valence-corrected chi connectivity index (χ0v) is 10.5. The van der Waals surface area contributed by atoms with Gasteiger partial charge in [0.1, 0.15) is 11.6 Å². The molecule has 2 aliphatic heterocycles. The van der Waals surface area contributed by atoms with Crippen LogP contribution in [0.15, 0.2) is 5.70 Å². The summed E-state index contributed by atoms with van der Waals surface area (Å²) < 4.78 is 0. The molecule has 0 spiro atoms. The molecule has 0 aromatic rings. The van der Waals surface area contributed by atoms with Gasteiger partial charge in [-0.1, -0.05) is 19.3 Å².